The number of benzene rings is 2. The molecule has 6 nitrogen and oxygen atoms in total. The molecular weight excluding hydrogens is 376 g/mol. The van der Waals surface area contributed by atoms with E-state index in [-0.39, 0.29) is 18.0 Å². The minimum Gasteiger partial charge on any atom is -0.497 e. The lowest BCUT2D eigenvalue weighted by atomic mass is 10.0. The number of hydrogen-bond donors (Lipinski definition) is 2. The largest absolute Gasteiger partial charge is 0.497 e. The molecule has 2 unspecified atom stereocenters. The predicted molar refractivity (Wildman–Crippen MR) is 111 cm³/mol. The van der Waals surface area contributed by atoms with E-state index >= 15 is 0 Å². The molecular formula is C21H25ClN4O2. The van der Waals surface area contributed by atoms with E-state index in [0.717, 1.165) is 54.6 Å². The molecule has 2 N–H and O–H groups in total. The fourth-order valence-corrected chi connectivity index (χ4v) is 3.96. The Bertz CT molecular complexity index is 804. The zero-order valence-electron chi connectivity index (χ0n) is 15.9. The minimum atomic E-state index is -0.201. The standard InChI is InChI=1S/C21H25ClN4O2/c1-28-18-8-6-17(7-9-18)25-10-12-26(13-11-25)21(27)20-14-19(23-24-20)15-2-4-16(22)5-3-15/h2-9,19-20,23-24H,10-14H2,1H3. The van der Waals surface area contributed by atoms with Crippen LogP contribution in [0.15, 0.2) is 48.5 Å². The molecule has 2 aromatic rings. The van der Waals surface area contributed by atoms with E-state index in [9.17, 15) is 4.79 Å². The molecule has 2 fully saturated rings. The molecule has 1 amide bonds. The first kappa shape index (κ1) is 19.1. The third-order valence-electron chi connectivity index (χ3n) is 5.50. The number of amides is 1. The van der Waals surface area contributed by atoms with Gasteiger partial charge in [0.2, 0.25) is 5.91 Å². The van der Waals surface area contributed by atoms with Crippen molar-refractivity contribution in [1.29, 1.82) is 0 Å². The Morgan fingerprint density at radius 2 is 1.68 bits per heavy atom. The molecule has 0 radical (unpaired) electrons. The highest BCUT2D eigenvalue weighted by Crippen LogP contribution is 2.25. The van der Waals surface area contributed by atoms with E-state index in [1.165, 1.54) is 0 Å². The van der Waals surface area contributed by atoms with Crippen LogP contribution in [0.5, 0.6) is 5.75 Å². The zero-order valence-corrected chi connectivity index (χ0v) is 16.7. The molecule has 28 heavy (non-hydrogen) atoms. The van der Waals surface area contributed by atoms with Gasteiger partial charge in [0, 0.05) is 42.9 Å². The van der Waals surface area contributed by atoms with Gasteiger partial charge in [-0.2, -0.15) is 0 Å². The number of hydrogen-bond acceptors (Lipinski definition) is 5. The van der Waals surface area contributed by atoms with Gasteiger partial charge in [-0.15, -0.1) is 0 Å². The number of methoxy groups -OCH3 is 1. The number of rotatable bonds is 4. The van der Waals surface area contributed by atoms with Crippen molar-refractivity contribution in [2.75, 3.05) is 38.2 Å². The highest BCUT2D eigenvalue weighted by Gasteiger charge is 2.34. The van der Waals surface area contributed by atoms with Crippen molar-refractivity contribution in [3.05, 3.63) is 59.1 Å². The molecule has 2 saturated heterocycles. The third-order valence-corrected chi connectivity index (χ3v) is 5.75. The van der Waals surface area contributed by atoms with Crippen molar-refractivity contribution in [1.82, 2.24) is 15.8 Å². The summed E-state index contributed by atoms with van der Waals surface area (Å²) >= 11 is 5.96. The average molecular weight is 401 g/mol. The molecule has 0 saturated carbocycles. The van der Waals surface area contributed by atoms with Gasteiger partial charge < -0.3 is 14.5 Å². The maximum Gasteiger partial charge on any atom is 0.241 e. The normalized spacial score (nSPS) is 22.4. The summed E-state index contributed by atoms with van der Waals surface area (Å²) in [6, 6.07) is 15.8. The first-order chi connectivity index (χ1) is 13.6. The second-order valence-electron chi connectivity index (χ2n) is 7.19. The number of halogens is 1. The van der Waals surface area contributed by atoms with Crippen LogP contribution in [-0.2, 0) is 4.79 Å². The Hall–Kier alpha value is -2.28. The fraction of sp³-hybridized carbons (Fsp3) is 0.381. The van der Waals surface area contributed by atoms with E-state index < -0.39 is 0 Å². The van der Waals surface area contributed by atoms with Gasteiger partial charge >= 0.3 is 0 Å². The highest BCUT2D eigenvalue weighted by atomic mass is 35.5. The van der Waals surface area contributed by atoms with Crippen molar-refractivity contribution in [3.8, 4) is 5.75 Å². The molecule has 2 aliphatic heterocycles. The van der Waals surface area contributed by atoms with E-state index in [4.69, 9.17) is 16.3 Å². The Labute approximate surface area is 170 Å². The monoisotopic (exact) mass is 400 g/mol. The van der Waals surface area contributed by atoms with Crippen LogP contribution >= 0.6 is 11.6 Å². The summed E-state index contributed by atoms with van der Waals surface area (Å²) in [5, 5.41) is 0.720. The number of carbonyl (C=O) groups is 1. The van der Waals surface area contributed by atoms with Gasteiger partial charge in [0.05, 0.1) is 7.11 Å². The van der Waals surface area contributed by atoms with Gasteiger partial charge in [-0.3, -0.25) is 4.79 Å². The van der Waals surface area contributed by atoms with Gasteiger partial charge in [-0.1, -0.05) is 23.7 Å². The number of carbonyl (C=O) groups excluding carboxylic acids is 1. The fourth-order valence-electron chi connectivity index (χ4n) is 3.83. The Balaban J connectivity index is 1.31. The Kier molecular flexibility index (Phi) is 5.71. The van der Waals surface area contributed by atoms with E-state index in [0.29, 0.717) is 0 Å². The smallest absolute Gasteiger partial charge is 0.241 e. The summed E-state index contributed by atoms with van der Waals surface area (Å²) in [6.45, 7) is 3.13. The SMILES string of the molecule is COc1ccc(N2CCN(C(=O)C3CC(c4ccc(Cl)cc4)NN3)CC2)cc1. The van der Waals surface area contributed by atoms with E-state index in [2.05, 4.69) is 27.9 Å². The van der Waals surface area contributed by atoms with Gasteiger partial charge in [0.1, 0.15) is 11.8 Å². The van der Waals surface area contributed by atoms with Crippen molar-refractivity contribution in [2.45, 2.75) is 18.5 Å². The number of nitrogens with zero attached hydrogens (tertiary/aromatic N) is 2. The quantitative estimate of drug-likeness (QED) is 0.826. The van der Waals surface area contributed by atoms with Crippen LogP contribution < -0.4 is 20.5 Å². The number of hydrazine groups is 1. The zero-order chi connectivity index (χ0) is 19.5. The summed E-state index contributed by atoms with van der Waals surface area (Å²) in [6.07, 6.45) is 0.735. The number of anilines is 1. The molecule has 0 spiro atoms. The van der Waals surface area contributed by atoms with Crippen LogP contribution in [0.3, 0.4) is 0 Å². The lowest BCUT2D eigenvalue weighted by Crippen LogP contribution is -2.53. The molecule has 2 aliphatic rings. The molecule has 7 heteroatoms. The van der Waals surface area contributed by atoms with E-state index in [1.54, 1.807) is 7.11 Å². The van der Waals surface area contributed by atoms with Crippen LogP contribution in [0.25, 0.3) is 0 Å². The molecule has 0 bridgehead atoms. The number of piperazine rings is 1. The molecule has 2 atom stereocenters. The van der Waals surface area contributed by atoms with Crippen LogP contribution in [0.4, 0.5) is 5.69 Å². The summed E-state index contributed by atoms with van der Waals surface area (Å²) in [5.74, 6) is 1.02. The van der Waals surface area contributed by atoms with Crippen LogP contribution in [0, 0.1) is 0 Å². The van der Waals surface area contributed by atoms with Gasteiger partial charge in [-0.05, 0) is 48.4 Å². The summed E-state index contributed by atoms with van der Waals surface area (Å²) < 4.78 is 5.22. The van der Waals surface area contributed by atoms with Crippen LogP contribution in [0.2, 0.25) is 5.02 Å². The van der Waals surface area contributed by atoms with Crippen molar-refractivity contribution in [3.63, 3.8) is 0 Å². The molecule has 0 aliphatic carbocycles. The van der Waals surface area contributed by atoms with Crippen LogP contribution in [0.1, 0.15) is 18.0 Å². The number of nitrogens with one attached hydrogen (secondary N) is 2. The van der Waals surface area contributed by atoms with Gasteiger partial charge in [0.25, 0.3) is 0 Å². The lowest BCUT2D eigenvalue weighted by molar-refractivity contribution is -0.133. The first-order valence-corrected chi connectivity index (χ1v) is 9.96. The summed E-state index contributed by atoms with van der Waals surface area (Å²) in [7, 11) is 1.67. The Morgan fingerprint density at radius 1 is 1.00 bits per heavy atom. The van der Waals surface area contributed by atoms with Crippen molar-refractivity contribution < 1.29 is 9.53 Å². The maximum absolute atomic E-state index is 12.9. The topological polar surface area (TPSA) is 56.8 Å². The molecule has 4 rings (SSSR count). The maximum atomic E-state index is 12.9. The first-order valence-electron chi connectivity index (χ1n) is 9.58. The van der Waals surface area contributed by atoms with Gasteiger partial charge in [-0.25, -0.2) is 10.9 Å². The molecule has 2 aromatic carbocycles. The lowest BCUT2D eigenvalue weighted by Gasteiger charge is -2.37. The van der Waals surface area contributed by atoms with E-state index in [1.807, 2.05) is 41.3 Å². The van der Waals surface area contributed by atoms with Crippen molar-refractivity contribution >= 4 is 23.2 Å². The number of ether oxygens (including phenoxy) is 1. The highest BCUT2D eigenvalue weighted by molar-refractivity contribution is 6.30. The summed E-state index contributed by atoms with van der Waals surface area (Å²) in [4.78, 5) is 17.2. The molecule has 2 heterocycles. The minimum absolute atomic E-state index is 0.117. The second kappa shape index (κ2) is 8.39. The predicted octanol–water partition coefficient (Wildman–Crippen LogP) is 2.61. The second-order valence-corrected chi connectivity index (χ2v) is 7.63. The Morgan fingerprint density at radius 3 is 2.32 bits per heavy atom. The van der Waals surface area contributed by atoms with Crippen molar-refractivity contribution in [2.24, 2.45) is 0 Å². The summed E-state index contributed by atoms with van der Waals surface area (Å²) in [5.41, 5.74) is 8.71. The molecule has 148 valence electrons. The van der Waals surface area contributed by atoms with Gasteiger partial charge in [0.15, 0.2) is 0 Å². The molecule has 0 aromatic heterocycles. The van der Waals surface area contributed by atoms with Crippen LogP contribution in [-0.4, -0.2) is 50.1 Å². The third kappa shape index (κ3) is 4.09. The average Bonchev–Trinajstić information content (AvgIpc) is 3.24.